The molecule has 10 heteroatoms. The largest absolute Gasteiger partial charge is 0.415 e. The highest BCUT2D eigenvalue weighted by Gasteiger charge is 2.57. The van der Waals surface area contributed by atoms with Crippen molar-refractivity contribution in [1.29, 1.82) is 0 Å². The molecule has 1 aliphatic heterocycles. The number of fused-ring (bicyclic) bond motifs is 1. The van der Waals surface area contributed by atoms with E-state index in [2.05, 4.69) is 9.74 Å². The molecule has 4 rings (SSSR count). The quantitative estimate of drug-likeness (QED) is 0.568. The molecule has 1 atom stereocenters. The summed E-state index contributed by atoms with van der Waals surface area (Å²) in [6.45, 7) is 7.38. The first-order valence-electron chi connectivity index (χ1n) is 10.2. The molecule has 0 bridgehead atoms. The molecule has 1 unspecified atom stereocenters. The van der Waals surface area contributed by atoms with E-state index in [1.807, 2.05) is 14.1 Å². The number of aliphatic hydroxyl groups is 1. The number of hydrogen-bond donors (Lipinski definition) is 1. The number of rotatable bonds is 4. The summed E-state index contributed by atoms with van der Waals surface area (Å²) >= 11 is 12.2. The van der Waals surface area contributed by atoms with Gasteiger partial charge in [-0.2, -0.15) is 13.2 Å². The molecule has 0 aromatic heterocycles. The van der Waals surface area contributed by atoms with Gasteiger partial charge in [-0.25, -0.2) is 4.85 Å². The number of hydrogen-bond acceptors (Lipinski definition) is 3. The average molecular weight is 498 g/mol. The molecule has 33 heavy (non-hydrogen) atoms. The van der Waals surface area contributed by atoms with Gasteiger partial charge in [-0.1, -0.05) is 29.3 Å². The van der Waals surface area contributed by atoms with Crippen LogP contribution in [0.25, 0.3) is 4.85 Å². The number of nitrogens with zero attached hydrogens (tertiary/aromatic N) is 3. The molecule has 1 heterocycles. The molecule has 1 saturated carbocycles. The van der Waals surface area contributed by atoms with Crippen molar-refractivity contribution in [2.45, 2.75) is 30.7 Å². The second kappa shape index (κ2) is 8.17. The fourth-order valence-corrected chi connectivity index (χ4v) is 5.19. The fourth-order valence-electron chi connectivity index (χ4n) is 4.65. The van der Waals surface area contributed by atoms with E-state index in [4.69, 9.17) is 29.8 Å². The minimum absolute atomic E-state index is 0.0446. The summed E-state index contributed by atoms with van der Waals surface area (Å²) in [7, 11) is 3.88. The first-order chi connectivity index (χ1) is 15.4. The zero-order chi connectivity index (χ0) is 24.3. The molecule has 2 aliphatic rings. The van der Waals surface area contributed by atoms with E-state index in [0.717, 1.165) is 12.8 Å². The van der Waals surface area contributed by atoms with Crippen molar-refractivity contribution in [3.63, 3.8) is 0 Å². The number of carbonyl (C=O) groups excluding carboxylic acids is 1. The maximum atomic E-state index is 14.1. The Bertz CT molecular complexity index is 1170. The summed E-state index contributed by atoms with van der Waals surface area (Å²) in [6, 6.07) is 6.06. The maximum Gasteiger partial charge on any atom is 0.415 e. The summed E-state index contributed by atoms with van der Waals surface area (Å²) in [5.74, 6) is -0.883. The van der Waals surface area contributed by atoms with Crippen LogP contribution in [0.1, 0.15) is 29.5 Å². The molecule has 0 spiro atoms. The van der Waals surface area contributed by atoms with Crippen molar-refractivity contribution in [2.24, 2.45) is 5.92 Å². The standard InChI is InChI=1S/C23H20Cl2F3N3O2/c1-29-14-9-17(23(26,27)28)20-19(10-14)31(11-12-6-15(7-12)30(2)3)21(32)22(20,33)16-5-4-13(24)8-18(16)25/h4-5,8-10,12,15,33H,6-7,11H2,2-3H3/t12-,15+,22?. The third-order valence-corrected chi connectivity index (χ3v) is 6.99. The molecule has 174 valence electrons. The van der Waals surface area contributed by atoms with E-state index in [0.29, 0.717) is 12.1 Å². The van der Waals surface area contributed by atoms with E-state index in [1.54, 1.807) is 0 Å². The second-order valence-corrected chi connectivity index (χ2v) is 9.55. The van der Waals surface area contributed by atoms with Crippen molar-refractivity contribution in [3.8, 4) is 0 Å². The first kappa shape index (κ1) is 23.8. The van der Waals surface area contributed by atoms with Crippen LogP contribution in [-0.4, -0.2) is 42.6 Å². The molecular weight excluding hydrogens is 478 g/mol. The van der Waals surface area contributed by atoms with Crippen LogP contribution in [0.3, 0.4) is 0 Å². The maximum absolute atomic E-state index is 14.1. The Labute approximate surface area is 199 Å². The Hall–Kier alpha value is -2.31. The van der Waals surface area contributed by atoms with Crippen LogP contribution in [0.2, 0.25) is 10.0 Å². The minimum atomic E-state index is -4.92. The Morgan fingerprint density at radius 2 is 1.91 bits per heavy atom. The Balaban J connectivity index is 1.91. The molecule has 1 aliphatic carbocycles. The lowest BCUT2D eigenvalue weighted by molar-refractivity contribution is -0.142. The molecule has 0 saturated heterocycles. The Morgan fingerprint density at radius 3 is 2.45 bits per heavy atom. The predicted molar refractivity (Wildman–Crippen MR) is 120 cm³/mol. The number of anilines is 1. The van der Waals surface area contributed by atoms with Gasteiger partial charge in [-0.05, 0) is 57.1 Å². The van der Waals surface area contributed by atoms with Crippen LogP contribution in [0.4, 0.5) is 24.5 Å². The van der Waals surface area contributed by atoms with Gasteiger partial charge in [0.1, 0.15) is 0 Å². The van der Waals surface area contributed by atoms with Crippen LogP contribution in [0, 0.1) is 12.5 Å². The SMILES string of the molecule is [C-]#[N+]c1cc2c(c(C(F)(F)F)c1)C(O)(c1ccc(Cl)cc1Cl)C(=O)N2C[C@H]1C[C@@H](N(C)C)C1. The number of alkyl halides is 3. The molecule has 1 amide bonds. The molecule has 0 radical (unpaired) electrons. The summed E-state index contributed by atoms with van der Waals surface area (Å²) in [5.41, 5.74) is -5.11. The van der Waals surface area contributed by atoms with Gasteiger partial charge in [0.05, 0.1) is 12.1 Å². The smallest absolute Gasteiger partial charge is 0.372 e. The van der Waals surface area contributed by atoms with E-state index < -0.39 is 28.8 Å². The average Bonchev–Trinajstić information content (AvgIpc) is 2.90. The van der Waals surface area contributed by atoms with Crippen LogP contribution >= 0.6 is 23.2 Å². The first-order valence-corrected chi connectivity index (χ1v) is 10.9. The van der Waals surface area contributed by atoms with Gasteiger partial charge in [0, 0.05) is 39.4 Å². The van der Waals surface area contributed by atoms with E-state index in [-0.39, 0.29) is 39.4 Å². The Morgan fingerprint density at radius 1 is 1.24 bits per heavy atom. The van der Waals surface area contributed by atoms with Crippen LogP contribution < -0.4 is 4.90 Å². The molecule has 2 aromatic rings. The number of benzene rings is 2. The third kappa shape index (κ3) is 3.87. The van der Waals surface area contributed by atoms with Gasteiger partial charge in [-0.15, -0.1) is 0 Å². The van der Waals surface area contributed by atoms with Gasteiger partial charge in [-0.3, -0.25) is 4.79 Å². The molecule has 2 aromatic carbocycles. The van der Waals surface area contributed by atoms with Crippen LogP contribution in [-0.2, 0) is 16.6 Å². The second-order valence-electron chi connectivity index (χ2n) is 8.70. The number of amides is 1. The normalized spacial score (nSPS) is 24.6. The lowest BCUT2D eigenvalue weighted by atomic mass is 9.79. The lowest BCUT2D eigenvalue weighted by Gasteiger charge is -2.41. The van der Waals surface area contributed by atoms with Gasteiger partial charge < -0.3 is 14.9 Å². The van der Waals surface area contributed by atoms with E-state index >= 15 is 0 Å². The van der Waals surface area contributed by atoms with Crippen molar-refractivity contribution < 1.29 is 23.1 Å². The van der Waals surface area contributed by atoms with Crippen molar-refractivity contribution >= 4 is 40.5 Å². The Kier molecular flexibility index (Phi) is 5.90. The highest BCUT2D eigenvalue weighted by atomic mass is 35.5. The monoisotopic (exact) mass is 497 g/mol. The summed E-state index contributed by atoms with van der Waals surface area (Å²) in [4.78, 5) is 20.0. The van der Waals surface area contributed by atoms with Crippen molar-refractivity contribution in [3.05, 3.63) is 68.5 Å². The summed E-state index contributed by atoms with van der Waals surface area (Å²) in [6.07, 6.45) is -3.39. The molecule has 1 fully saturated rings. The number of halogens is 5. The zero-order valence-corrected chi connectivity index (χ0v) is 19.3. The highest BCUT2D eigenvalue weighted by Crippen LogP contribution is 2.53. The topological polar surface area (TPSA) is 48.1 Å². The molecule has 5 nitrogen and oxygen atoms in total. The van der Waals surface area contributed by atoms with Crippen molar-refractivity contribution in [1.82, 2.24) is 4.90 Å². The molecule has 1 N–H and O–H groups in total. The minimum Gasteiger partial charge on any atom is -0.372 e. The zero-order valence-electron chi connectivity index (χ0n) is 17.7. The lowest BCUT2D eigenvalue weighted by Crippen LogP contribution is -2.48. The summed E-state index contributed by atoms with van der Waals surface area (Å²) in [5, 5.41) is 11.7. The van der Waals surface area contributed by atoms with E-state index in [9.17, 15) is 23.1 Å². The third-order valence-electron chi connectivity index (χ3n) is 6.45. The van der Waals surface area contributed by atoms with Crippen molar-refractivity contribution in [2.75, 3.05) is 25.5 Å². The van der Waals surface area contributed by atoms with Gasteiger partial charge in [0.15, 0.2) is 11.3 Å². The van der Waals surface area contributed by atoms with Gasteiger partial charge in [0.2, 0.25) is 0 Å². The van der Waals surface area contributed by atoms with Crippen LogP contribution in [0.15, 0.2) is 30.3 Å². The highest BCUT2D eigenvalue weighted by molar-refractivity contribution is 6.35. The van der Waals surface area contributed by atoms with Gasteiger partial charge >= 0.3 is 6.18 Å². The summed E-state index contributed by atoms with van der Waals surface area (Å²) < 4.78 is 42.3. The van der Waals surface area contributed by atoms with Gasteiger partial charge in [0.25, 0.3) is 5.91 Å². The predicted octanol–water partition coefficient (Wildman–Crippen LogP) is 5.49. The van der Waals surface area contributed by atoms with E-state index in [1.165, 1.54) is 29.2 Å². The number of carbonyl (C=O) groups is 1. The fraction of sp³-hybridized carbons (Fsp3) is 0.391. The van der Waals surface area contributed by atoms with Crippen LogP contribution in [0.5, 0.6) is 0 Å². The molecular formula is C23H20Cl2F3N3O2.